The number of halogens is 1. The number of nitrogens with one attached hydrogen (secondary N) is 2. The summed E-state index contributed by atoms with van der Waals surface area (Å²) in [4.78, 5) is 13.8. The number of amides is 1. The van der Waals surface area contributed by atoms with Crippen LogP contribution < -0.4 is 15.0 Å². The van der Waals surface area contributed by atoms with E-state index in [1.165, 1.54) is 31.6 Å². The van der Waals surface area contributed by atoms with Crippen molar-refractivity contribution in [2.45, 2.75) is 11.8 Å². The maximum absolute atomic E-state index is 12.3. The van der Waals surface area contributed by atoms with E-state index >= 15 is 0 Å². The minimum absolute atomic E-state index is 0.103. The van der Waals surface area contributed by atoms with Crippen molar-refractivity contribution in [3.05, 3.63) is 46.3 Å². The quantitative estimate of drug-likeness (QED) is 0.763. The maximum atomic E-state index is 12.3. The Bertz CT molecular complexity index is 801. The summed E-state index contributed by atoms with van der Waals surface area (Å²) < 4.78 is 35.1. The van der Waals surface area contributed by atoms with E-state index in [0.717, 1.165) is 0 Å². The first-order valence-electron chi connectivity index (χ1n) is 6.05. The minimum Gasteiger partial charge on any atom is -0.495 e. The number of hydrazine groups is 1. The zero-order valence-electron chi connectivity index (χ0n) is 11.7. The van der Waals surface area contributed by atoms with Crippen molar-refractivity contribution in [2.24, 2.45) is 0 Å². The highest BCUT2D eigenvalue weighted by atomic mass is 79.9. The second kappa shape index (κ2) is 6.51. The molecule has 0 spiro atoms. The molecule has 0 atom stereocenters. The maximum Gasteiger partial charge on any atom is 0.269 e. The van der Waals surface area contributed by atoms with Crippen LogP contribution in [-0.2, 0) is 10.0 Å². The number of furan rings is 1. The molecule has 2 rings (SSSR count). The number of carbonyl (C=O) groups is 1. The molecule has 0 bridgehead atoms. The predicted octanol–water partition coefficient (Wildman–Crippen LogP) is 1.98. The number of hydrogen-bond donors (Lipinski definition) is 2. The van der Waals surface area contributed by atoms with E-state index in [1.807, 2.05) is 4.83 Å². The van der Waals surface area contributed by atoms with Gasteiger partial charge in [0.2, 0.25) is 0 Å². The SMILES string of the molecule is COc1ccc(Br)cc1S(=O)(=O)NNC(=O)c1ccoc1C. The van der Waals surface area contributed by atoms with Crippen molar-refractivity contribution >= 4 is 31.9 Å². The molecule has 1 heterocycles. The fraction of sp³-hybridized carbons (Fsp3) is 0.154. The third kappa shape index (κ3) is 3.49. The lowest BCUT2D eigenvalue weighted by Crippen LogP contribution is -2.41. The number of aryl methyl sites for hydroxylation is 1. The third-order valence-electron chi connectivity index (χ3n) is 2.82. The van der Waals surface area contributed by atoms with Gasteiger partial charge in [0.05, 0.1) is 18.9 Å². The molecule has 1 amide bonds. The number of carbonyl (C=O) groups excluding carboxylic acids is 1. The fourth-order valence-corrected chi connectivity index (χ4v) is 3.26. The molecule has 0 unspecified atom stereocenters. The highest BCUT2D eigenvalue weighted by Crippen LogP contribution is 2.26. The number of ether oxygens (including phenoxy) is 1. The third-order valence-corrected chi connectivity index (χ3v) is 4.58. The molecule has 22 heavy (non-hydrogen) atoms. The lowest BCUT2D eigenvalue weighted by Gasteiger charge is -2.11. The molecular formula is C13H13BrN2O5S. The molecule has 0 aliphatic rings. The summed E-state index contributed by atoms with van der Waals surface area (Å²) in [6.45, 7) is 1.60. The van der Waals surface area contributed by atoms with Crippen molar-refractivity contribution in [1.82, 2.24) is 10.3 Å². The largest absolute Gasteiger partial charge is 0.495 e. The summed E-state index contributed by atoms with van der Waals surface area (Å²) in [6, 6.07) is 5.96. The molecule has 1 aromatic heterocycles. The van der Waals surface area contributed by atoms with Crippen LogP contribution >= 0.6 is 15.9 Å². The molecule has 2 aromatic rings. The van der Waals surface area contributed by atoms with Crippen molar-refractivity contribution in [3.8, 4) is 5.75 Å². The number of benzene rings is 1. The number of sulfonamides is 1. The summed E-state index contributed by atoms with van der Waals surface area (Å²) in [7, 11) is -2.64. The molecule has 1 aromatic carbocycles. The summed E-state index contributed by atoms with van der Waals surface area (Å²) in [5.74, 6) is -0.0787. The van der Waals surface area contributed by atoms with E-state index in [9.17, 15) is 13.2 Å². The van der Waals surface area contributed by atoms with Gasteiger partial charge in [0, 0.05) is 4.47 Å². The van der Waals surface area contributed by atoms with Crippen molar-refractivity contribution in [1.29, 1.82) is 0 Å². The van der Waals surface area contributed by atoms with Gasteiger partial charge in [-0.2, -0.15) is 0 Å². The lowest BCUT2D eigenvalue weighted by atomic mass is 10.2. The van der Waals surface area contributed by atoms with Gasteiger partial charge in [-0.15, -0.1) is 4.83 Å². The Morgan fingerprint density at radius 3 is 2.64 bits per heavy atom. The van der Waals surface area contributed by atoms with Gasteiger partial charge in [0.15, 0.2) is 0 Å². The first-order chi connectivity index (χ1) is 10.3. The molecule has 0 radical (unpaired) electrons. The second-order valence-electron chi connectivity index (χ2n) is 4.25. The van der Waals surface area contributed by atoms with Gasteiger partial charge in [-0.25, -0.2) is 8.42 Å². The van der Waals surface area contributed by atoms with Crippen LogP contribution in [0.5, 0.6) is 5.75 Å². The molecule has 0 fully saturated rings. The van der Waals surface area contributed by atoms with Crippen LogP contribution in [0.3, 0.4) is 0 Å². The van der Waals surface area contributed by atoms with Gasteiger partial charge in [0.25, 0.3) is 15.9 Å². The second-order valence-corrected chi connectivity index (χ2v) is 6.81. The van der Waals surface area contributed by atoms with Gasteiger partial charge in [-0.3, -0.25) is 10.2 Å². The Morgan fingerprint density at radius 1 is 1.32 bits per heavy atom. The van der Waals surface area contributed by atoms with Crippen LogP contribution in [-0.4, -0.2) is 21.4 Å². The van der Waals surface area contributed by atoms with Gasteiger partial charge in [0.1, 0.15) is 16.4 Å². The van der Waals surface area contributed by atoms with E-state index < -0.39 is 15.9 Å². The highest BCUT2D eigenvalue weighted by molar-refractivity contribution is 9.10. The predicted molar refractivity (Wildman–Crippen MR) is 81.9 cm³/mol. The standard InChI is InChI=1S/C13H13BrN2O5S/c1-8-10(5-6-21-8)13(17)15-16-22(18,19)12-7-9(14)3-4-11(12)20-2/h3-7,16H,1-2H3,(H,15,17). The summed E-state index contributed by atoms with van der Waals surface area (Å²) >= 11 is 3.19. The van der Waals surface area contributed by atoms with Crippen LogP contribution in [0.4, 0.5) is 0 Å². The monoisotopic (exact) mass is 388 g/mol. The van der Waals surface area contributed by atoms with Gasteiger partial charge < -0.3 is 9.15 Å². The molecule has 0 aliphatic heterocycles. The molecule has 2 N–H and O–H groups in total. The normalized spacial score (nSPS) is 11.2. The minimum atomic E-state index is -3.99. The highest BCUT2D eigenvalue weighted by Gasteiger charge is 2.21. The van der Waals surface area contributed by atoms with E-state index in [2.05, 4.69) is 21.4 Å². The molecule has 9 heteroatoms. The average molecular weight is 389 g/mol. The zero-order valence-corrected chi connectivity index (χ0v) is 14.1. The number of methoxy groups -OCH3 is 1. The Hall–Kier alpha value is -1.84. The van der Waals surface area contributed by atoms with Crippen LogP contribution in [0.25, 0.3) is 0 Å². The molecule has 0 saturated carbocycles. The van der Waals surface area contributed by atoms with Crippen LogP contribution in [0.2, 0.25) is 0 Å². The molecule has 118 valence electrons. The van der Waals surface area contributed by atoms with Gasteiger partial charge in [-0.05, 0) is 31.2 Å². The number of rotatable bonds is 5. The zero-order chi connectivity index (χ0) is 16.3. The van der Waals surface area contributed by atoms with Crippen LogP contribution in [0.1, 0.15) is 16.1 Å². The fourth-order valence-electron chi connectivity index (χ4n) is 1.72. The van der Waals surface area contributed by atoms with E-state index in [4.69, 9.17) is 9.15 Å². The van der Waals surface area contributed by atoms with E-state index in [0.29, 0.717) is 10.2 Å². The Labute approximate surface area is 135 Å². The molecule has 7 nitrogen and oxygen atoms in total. The molecular weight excluding hydrogens is 376 g/mol. The van der Waals surface area contributed by atoms with E-state index in [1.54, 1.807) is 13.0 Å². The Balaban J connectivity index is 2.20. The Kier molecular flexibility index (Phi) is 4.89. The van der Waals surface area contributed by atoms with Crippen molar-refractivity contribution in [3.63, 3.8) is 0 Å². The smallest absolute Gasteiger partial charge is 0.269 e. The topological polar surface area (TPSA) is 97.6 Å². The first kappa shape index (κ1) is 16.5. The summed E-state index contributed by atoms with van der Waals surface area (Å²) in [5, 5.41) is 0. The van der Waals surface area contributed by atoms with Crippen LogP contribution in [0, 0.1) is 6.92 Å². The summed E-state index contributed by atoms with van der Waals surface area (Å²) in [6.07, 6.45) is 1.34. The van der Waals surface area contributed by atoms with Gasteiger partial charge in [-0.1, -0.05) is 15.9 Å². The Morgan fingerprint density at radius 2 is 2.05 bits per heavy atom. The molecule has 0 aliphatic carbocycles. The van der Waals surface area contributed by atoms with E-state index in [-0.39, 0.29) is 16.2 Å². The molecule has 0 saturated heterocycles. The van der Waals surface area contributed by atoms with Gasteiger partial charge >= 0.3 is 0 Å². The lowest BCUT2D eigenvalue weighted by molar-refractivity contribution is 0.0943. The number of hydrogen-bond acceptors (Lipinski definition) is 5. The van der Waals surface area contributed by atoms with Crippen molar-refractivity contribution < 1.29 is 22.4 Å². The first-order valence-corrected chi connectivity index (χ1v) is 8.32. The van der Waals surface area contributed by atoms with Crippen LogP contribution in [0.15, 0.2) is 44.3 Å². The van der Waals surface area contributed by atoms with Crippen molar-refractivity contribution in [2.75, 3.05) is 7.11 Å². The summed E-state index contributed by atoms with van der Waals surface area (Å²) in [5.41, 5.74) is 2.37. The average Bonchev–Trinajstić information content (AvgIpc) is 2.91.